The third-order valence-corrected chi connectivity index (χ3v) is 6.46. The molecule has 0 amide bonds. The molecule has 2 aromatic carbocycles. The molecule has 0 saturated carbocycles. The third-order valence-electron chi connectivity index (χ3n) is 6.46. The Morgan fingerprint density at radius 2 is 1.12 bits per heavy atom. The fourth-order valence-electron chi connectivity index (χ4n) is 4.23. The molecule has 0 fully saturated rings. The smallest absolute Gasteiger partial charge is 0.0606 e. The summed E-state index contributed by atoms with van der Waals surface area (Å²) in [6.45, 7) is 16.9. The summed E-state index contributed by atoms with van der Waals surface area (Å²) in [7, 11) is 0. The standard InChI is InChI=1S/C28H44N2O2/c1-7-29(25-13-9-23(10-14-25)27(2,3)4)18-8-17-28(5,6)24-11-15-26(16-12-24)30(19-21-31)20-22-32/h9-16,31-32H,7-8,17-22H2,1-6H3. The van der Waals surface area contributed by atoms with Crippen LogP contribution in [0.4, 0.5) is 11.4 Å². The first kappa shape index (κ1) is 26.2. The zero-order chi connectivity index (χ0) is 23.8. The average molecular weight is 441 g/mol. The van der Waals surface area contributed by atoms with Crippen LogP contribution in [0.2, 0.25) is 0 Å². The highest BCUT2D eigenvalue weighted by Gasteiger charge is 2.21. The zero-order valence-electron chi connectivity index (χ0n) is 21.1. The van der Waals surface area contributed by atoms with Gasteiger partial charge in [-0.05, 0) is 66.0 Å². The van der Waals surface area contributed by atoms with Crippen LogP contribution in [0.25, 0.3) is 0 Å². The predicted octanol–water partition coefficient (Wildman–Crippen LogP) is 5.36. The van der Waals surface area contributed by atoms with E-state index in [0.717, 1.165) is 31.6 Å². The van der Waals surface area contributed by atoms with Gasteiger partial charge in [-0.1, -0.05) is 58.9 Å². The van der Waals surface area contributed by atoms with E-state index in [9.17, 15) is 10.2 Å². The van der Waals surface area contributed by atoms with E-state index in [-0.39, 0.29) is 24.0 Å². The van der Waals surface area contributed by atoms with Gasteiger partial charge in [0.1, 0.15) is 0 Å². The Kier molecular flexibility index (Phi) is 9.60. The summed E-state index contributed by atoms with van der Waals surface area (Å²) >= 11 is 0. The van der Waals surface area contributed by atoms with Gasteiger partial charge in [0, 0.05) is 37.6 Å². The minimum atomic E-state index is 0.0834. The molecule has 0 spiro atoms. The molecule has 0 aliphatic carbocycles. The summed E-state index contributed by atoms with van der Waals surface area (Å²) in [6, 6.07) is 17.7. The summed E-state index contributed by atoms with van der Waals surface area (Å²) in [5, 5.41) is 18.5. The molecule has 4 heteroatoms. The van der Waals surface area contributed by atoms with Gasteiger partial charge in [-0.15, -0.1) is 0 Å². The molecule has 0 aromatic heterocycles. The maximum absolute atomic E-state index is 9.27. The molecule has 4 nitrogen and oxygen atoms in total. The van der Waals surface area contributed by atoms with Crippen molar-refractivity contribution in [1.29, 1.82) is 0 Å². The Morgan fingerprint density at radius 1 is 0.656 bits per heavy atom. The molecule has 0 aliphatic rings. The summed E-state index contributed by atoms with van der Waals surface area (Å²) in [4.78, 5) is 4.48. The van der Waals surface area contributed by atoms with Gasteiger partial charge in [-0.2, -0.15) is 0 Å². The molecule has 0 aliphatic heterocycles. The van der Waals surface area contributed by atoms with Crippen molar-refractivity contribution in [1.82, 2.24) is 0 Å². The monoisotopic (exact) mass is 440 g/mol. The van der Waals surface area contributed by atoms with Crippen molar-refractivity contribution in [2.24, 2.45) is 0 Å². The number of hydrogen-bond acceptors (Lipinski definition) is 4. The molecule has 32 heavy (non-hydrogen) atoms. The van der Waals surface area contributed by atoms with Crippen LogP contribution in [0, 0.1) is 0 Å². The Labute approximate surface area is 195 Å². The molecule has 2 aromatic rings. The van der Waals surface area contributed by atoms with E-state index in [1.54, 1.807) is 0 Å². The molecule has 0 heterocycles. The number of benzene rings is 2. The van der Waals surface area contributed by atoms with Crippen LogP contribution >= 0.6 is 0 Å². The van der Waals surface area contributed by atoms with Gasteiger partial charge in [-0.25, -0.2) is 0 Å². The van der Waals surface area contributed by atoms with Crippen LogP contribution in [-0.2, 0) is 10.8 Å². The highest BCUT2D eigenvalue weighted by Crippen LogP contribution is 2.31. The molecular weight excluding hydrogens is 396 g/mol. The van der Waals surface area contributed by atoms with Gasteiger partial charge >= 0.3 is 0 Å². The van der Waals surface area contributed by atoms with E-state index in [1.165, 1.54) is 16.8 Å². The van der Waals surface area contributed by atoms with Gasteiger partial charge in [0.15, 0.2) is 0 Å². The van der Waals surface area contributed by atoms with Crippen molar-refractivity contribution in [2.45, 2.75) is 65.2 Å². The number of anilines is 2. The van der Waals surface area contributed by atoms with Crippen molar-refractivity contribution in [3.05, 3.63) is 59.7 Å². The molecule has 0 radical (unpaired) electrons. The molecule has 2 rings (SSSR count). The lowest BCUT2D eigenvalue weighted by atomic mass is 9.80. The Balaban J connectivity index is 1.98. The van der Waals surface area contributed by atoms with Crippen LogP contribution in [0.3, 0.4) is 0 Å². The summed E-state index contributed by atoms with van der Waals surface area (Å²) in [5.41, 5.74) is 5.32. The van der Waals surface area contributed by atoms with Crippen molar-refractivity contribution >= 4 is 11.4 Å². The quantitative estimate of drug-likeness (QED) is 0.466. The van der Waals surface area contributed by atoms with E-state index in [4.69, 9.17) is 0 Å². The second kappa shape index (κ2) is 11.7. The van der Waals surface area contributed by atoms with Crippen LogP contribution in [0.15, 0.2) is 48.5 Å². The number of aliphatic hydroxyl groups excluding tert-OH is 2. The average Bonchev–Trinajstić information content (AvgIpc) is 2.76. The number of rotatable bonds is 12. The van der Waals surface area contributed by atoms with Gasteiger partial charge in [0.25, 0.3) is 0 Å². The van der Waals surface area contributed by atoms with Gasteiger partial charge < -0.3 is 20.0 Å². The second-order valence-corrected chi connectivity index (χ2v) is 10.3. The van der Waals surface area contributed by atoms with Crippen LogP contribution in [0.5, 0.6) is 0 Å². The number of nitrogens with zero attached hydrogens (tertiary/aromatic N) is 2. The summed E-state index contributed by atoms with van der Waals surface area (Å²) < 4.78 is 0. The van der Waals surface area contributed by atoms with E-state index in [1.807, 2.05) is 4.90 Å². The first-order chi connectivity index (χ1) is 15.1. The molecule has 178 valence electrons. The van der Waals surface area contributed by atoms with E-state index in [0.29, 0.717) is 13.1 Å². The van der Waals surface area contributed by atoms with E-state index < -0.39 is 0 Å². The highest BCUT2D eigenvalue weighted by molar-refractivity contribution is 5.49. The minimum Gasteiger partial charge on any atom is -0.395 e. The Hall–Kier alpha value is -2.04. The SMILES string of the molecule is CCN(CCCC(C)(C)c1ccc(N(CCO)CCO)cc1)c1ccc(C(C)(C)C)cc1. The first-order valence-corrected chi connectivity index (χ1v) is 12.0. The van der Waals surface area contributed by atoms with Crippen molar-refractivity contribution in [3.63, 3.8) is 0 Å². The molecule has 0 atom stereocenters. The zero-order valence-corrected chi connectivity index (χ0v) is 21.1. The molecule has 2 N–H and O–H groups in total. The number of hydrogen-bond donors (Lipinski definition) is 2. The van der Waals surface area contributed by atoms with Crippen LogP contribution in [-0.4, -0.2) is 49.6 Å². The van der Waals surface area contributed by atoms with E-state index in [2.05, 4.69) is 95.0 Å². The predicted molar refractivity (Wildman–Crippen MR) is 138 cm³/mol. The molecule has 0 bridgehead atoms. The summed E-state index contributed by atoms with van der Waals surface area (Å²) in [6.07, 6.45) is 2.24. The van der Waals surface area contributed by atoms with Crippen LogP contribution in [0.1, 0.15) is 65.5 Å². The maximum atomic E-state index is 9.27. The lowest BCUT2D eigenvalue weighted by molar-refractivity contribution is 0.281. The Bertz CT molecular complexity index is 786. The fraction of sp³-hybridized carbons (Fsp3) is 0.571. The Morgan fingerprint density at radius 3 is 1.56 bits per heavy atom. The topological polar surface area (TPSA) is 46.9 Å². The minimum absolute atomic E-state index is 0.0834. The first-order valence-electron chi connectivity index (χ1n) is 12.0. The molecular formula is C28H44N2O2. The van der Waals surface area contributed by atoms with E-state index >= 15 is 0 Å². The summed E-state index contributed by atoms with van der Waals surface area (Å²) in [5.74, 6) is 0. The molecule has 0 unspecified atom stereocenters. The lowest BCUT2D eigenvalue weighted by Crippen LogP contribution is -2.29. The highest BCUT2D eigenvalue weighted by atomic mass is 16.3. The third kappa shape index (κ3) is 7.25. The van der Waals surface area contributed by atoms with Crippen molar-refractivity contribution in [3.8, 4) is 0 Å². The van der Waals surface area contributed by atoms with Gasteiger partial charge in [0.05, 0.1) is 13.2 Å². The van der Waals surface area contributed by atoms with Crippen LogP contribution < -0.4 is 9.80 Å². The maximum Gasteiger partial charge on any atom is 0.0606 e. The second-order valence-electron chi connectivity index (χ2n) is 10.3. The largest absolute Gasteiger partial charge is 0.395 e. The van der Waals surface area contributed by atoms with Crippen molar-refractivity contribution in [2.75, 3.05) is 49.2 Å². The fourth-order valence-corrected chi connectivity index (χ4v) is 4.23. The van der Waals surface area contributed by atoms with Crippen molar-refractivity contribution < 1.29 is 10.2 Å². The van der Waals surface area contributed by atoms with Gasteiger partial charge in [0.2, 0.25) is 0 Å². The molecule has 0 saturated heterocycles. The number of aliphatic hydroxyl groups is 2. The lowest BCUT2D eigenvalue weighted by Gasteiger charge is -2.30. The van der Waals surface area contributed by atoms with Gasteiger partial charge in [-0.3, -0.25) is 0 Å². The normalized spacial score (nSPS) is 12.1.